The number of nitrogens with zero attached hydrogens (tertiary/aromatic N) is 1. The fourth-order valence-electron chi connectivity index (χ4n) is 3.80. The monoisotopic (exact) mass is 327 g/mol. The average molecular weight is 327 g/mol. The molecule has 0 radical (unpaired) electrons. The number of halogens is 3. The third-order valence-electron chi connectivity index (χ3n) is 4.87. The van der Waals surface area contributed by atoms with Gasteiger partial charge in [-0.1, -0.05) is 12.8 Å². The molecule has 2 aliphatic rings. The number of fused-ring (bicyclic) bond motifs is 1. The number of likely N-dealkylation sites (tertiary alicyclic amines) is 1. The van der Waals surface area contributed by atoms with E-state index in [2.05, 4.69) is 0 Å². The molecule has 1 amide bonds. The van der Waals surface area contributed by atoms with Crippen molar-refractivity contribution in [3.8, 4) is 0 Å². The summed E-state index contributed by atoms with van der Waals surface area (Å²) in [5, 5.41) is 9.37. The highest BCUT2D eigenvalue weighted by Gasteiger charge is 2.48. The molecule has 1 heterocycles. The van der Waals surface area contributed by atoms with Gasteiger partial charge in [0.25, 0.3) is 5.91 Å². The van der Waals surface area contributed by atoms with Crippen molar-refractivity contribution >= 4 is 11.9 Å². The molecule has 124 valence electrons. The van der Waals surface area contributed by atoms with Crippen LogP contribution in [0, 0.1) is 23.4 Å². The van der Waals surface area contributed by atoms with Gasteiger partial charge in [0.15, 0.2) is 17.5 Å². The molecule has 1 saturated carbocycles. The first-order chi connectivity index (χ1) is 10.9. The molecule has 0 spiro atoms. The topological polar surface area (TPSA) is 57.6 Å². The van der Waals surface area contributed by atoms with Crippen molar-refractivity contribution in [1.82, 2.24) is 4.90 Å². The number of benzene rings is 1. The second-order valence-corrected chi connectivity index (χ2v) is 6.14. The third-order valence-corrected chi connectivity index (χ3v) is 4.87. The lowest BCUT2D eigenvalue weighted by molar-refractivity contribution is -0.141. The molecule has 1 saturated heterocycles. The molecule has 1 aromatic carbocycles. The predicted molar refractivity (Wildman–Crippen MR) is 74.3 cm³/mol. The van der Waals surface area contributed by atoms with Gasteiger partial charge in [-0.25, -0.2) is 18.0 Å². The summed E-state index contributed by atoms with van der Waals surface area (Å²) >= 11 is 0. The van der Waals surface area contributed by atoms with Crippen LogP contribution < -0.4 is 0 Å². The Kier molecular flexibility index (Phi) is 4.04. The Morgan fingerprint density at radius 3 is 2.48 bits per heavy atom. The lowest BCUT2D eigenvalue weighted by Crippen LogP contribution is -2.46. The highest BCUT2D eigenvalue weighted by atomic mass is 19.2. The van der Waals surface area contributed by atoms with Crippen LogP contribution >= 0.6 is 0 Å². The standard InChI is InChI=1S/C16H16F3NO3/c17-10-6-5-9(13(18)14(10)19)15(21)20-11-4-2-1-3-8(11)7-12(20)16(22)23/h5-6,8,11-12H,1-4,7H2,(H,22,23)/t8-,11-,12+/m1/s1. The van der Waals surface area contributed by atoms with E-state index in [0.717, 1.165) is 30.2 Å². The largest absolute Gasteiger partial charge is 0.480 e. The van der Waals surface area contributed by atoms with E-state index < -0.39 is 40.9 Å². The minimum atomic E-state index is -1.72. The van der Waals surface area contributed by atoms with Crippen LogP contribution in [0.5, 0.6) is 0 Å². The molecule has 3 atom stereocenters. The van der Waals surface area contributed by atoms with Crippen LogP contribution in [-0.4, -0.2) is 34.0 Å². The number of carbonyl (C=O) groups is 2. The van der Waals surface area contributed by atoms with E-state index in [4.69, 9.17) is 0 Å². The van der Waals surface area contributed by atoms with Crippen LogP contribution in [-0.2, 0) is 4.79 Å². The molecular weight excluding hydrogens is 311 g/mol. The van der Waals surface area contributed by atoms with E-state index in [0.29, 0.717) is 18.9 Å². The van der Waals surface area contributed by atoms with Crippen molar-refractivity contribution in [3.63, 3.8) is 0 Å². The summed E-state index contributed by atoms with van der Waals surface area (Å²) in [6.07, 6.45) is 3.60. The van der Waals surface area contributed by atoms with Crippen molar-refractivity contribution in [1.29, 1.82) is 0 Å². The van der Waals surface area contributed by atoms with Crippen molar-refractivity contribution in [2.45, 2.75) is 44.2 Å². The molecule has 0 unspecified atom stereocenters. The molecule has 3 rings (SSSR count). The van der Waals surface area contributed by atoms with Gasteiger partial charge in [0, 0.05) is 6.04 Å². The van der Waals surface area contributed by atoms with Crippen LogP contribution in [0.3, 0.4) is 0 Å². The Labute approximate surface area is 130 Å². The average Bonchev–Trinajstić information content (AvgIpc) is 2.92. The van der Waals surface area contributed by atoms with E-state index in [-0.39, 0.29) is 12.0 Å². The van der Waals surface area contributed by atoms with Gasteiger partial charge in [-0.3, -0.25) is 4.79 Å². The number of hydrogen-bond donors (Lipinski definition) is 1. The van der Waals surface area contributed by atoms with Crippen molar-refractivity contribution in [2.24, 2.45) is 5.92 Å². The number of carboxylic acids is 1. The first-order valence-corrected chi connectivity index (χ1v) is 7.60. The smallest absolute Gasteiger partial charge is 0.326 e. The normalized spacial score (nSPS) is 26.9. The van der Waals surface area contributed by atoms with Crippen molar-refractivity contribution < 1.29 is 27.9 Å². The van der Waals surface area contributed by atoms with Gasteiger partial charge in [0.2, 0.25) is 0 Å². The van der Waals surface area contributed by atoms with Gasteiger partial charge < -0.3 is 10.0 Å². The Hall–Kier alpha value is -2.05. The molecule has 1 aromatic rings. The van der Waals surface area contributed by atoms with Crippen LogP contribution in [0.25, 0.3) is 0 Å². The molecule has 2 fully saturated rings. The van der Waals surface area contributed by atoms with E-state index in [1.165, 1.54) is 0 Å². The van der Waals surface area contributed by atoms with Crippen molar-refractivity contribution in [2.75, 3.05) is 0 Å². The summed E-state index contributed by atoms with van der Waals surface area (Å²) in [4.78, 5) is 25.3. The maximum absolute atomic E-state index is 13.9. The first kappa shape index (κ1) is 15.8. The summed E-state index contributed by atoms with van der Waals surface area (Å²) in [5.74, 6) is -6.66. The van der Waals surface area contributed by atoms with Gasteiger partial charge in [-0.05, 0) is 37.3 Å². The second kappa shape index (κ2) is 5.86. The fourth-order valence-corrected chi connectivity index (χ4v) is 3.80. The summed E-state index contributed by atoms with van der Waals surface area (Å²) in [7, 11) is 0. The molecule has 0 bridgehead atoms. The Morgan fingerprint density at radius 2 is 1.78 bits per heavy atom. The highest BCUT2D eigenvalue weighted by Crippen LogP contribution is 2.40. The highest BCUT2D eigenvalue weighted by molar-refractivity contribution is 5.97. The lowest BCUT2D eigenvalue weighted by Gasteiger charge is -2.33. The molecule has 1 N–H and O–H groups in total. The summed E-state index contributed by atoms with van der Waals surface area (Å²) in [6, 6.07) is 0.203. The number of carboxylic acid groups (broad SMARTS) is 1. The van der Waals surface area contributed by atoms with Gasteiger partial charge in [-0.2, -0.15) is 0 Å². The predicted octanol–water partition coefficient (Wildman–Crippen LogP) is 2.96. The minimum absolute atomic E-state index is 0.0576. The summed E-state index contributed by atoms with van der Waals surface area (Å²) < 4.78 is 40.3. The van der Waals surface area contributed by atoms with Gasteiger partial charge in [0.1, 0.15) is 6.04 Å². The van der Waals surface area contributed by atoms with Gasteiger partial charge in [0.05, 0.1) is 5.56 Å². The van der Waals surface area contributed by atoms with Gasteiger partial charge in [-0.15, -0.1) is 0 Å². The molecule has 0 aromatic heterocycles. The Morgan fingerprint density at radius 1 is 1.09 bits per heavy atom. The second-order valence-electron chi connectivity index (χ2n) is 6.14. The van der Waals surface area contributed by atoms with E-state index in [1.54, 1.807) is 0 Å². The number of aliphatic carboxylic acids is 1. The Bertz CT molecular complexity index is 664. The third kappa shape index (κ3) is 2.58. The first-order valence-electron chi connectivity index (χ1n) is 7.60. The molecule has 4 nitrogen and oxygen atoms in total. The van der Waals surface area contributed by atoms with Gasteiger partial charge >= 0.3 is 5.97 Å². The number of carbonyl (C=O) groups excluding carboxylic acids is 1. The molecular formula is C16H16F3NO3. The minimum Gasteiger partial charge on any atom is -0.480 e. The zero-order valence-electron chi connectivity index (χ0n) is 12.3. The number of rotatable bonds is 2. The maximum atomic E-state index is 13.9. The van der Waals surface area contributed by atoms with Crippen LogP contribution in [0.2, 0.25) is 0 Å². The zero-order valence-corrected chi connectivity index (χ0v) is 12.3. The van der Waals surface area contributed by atoms with Crippen molar-refractivity contribution in [3.05, 3.63) is 35.1 Å². The molecule has 1 aliphatic carbocycles. The van der Waals surface area contributed by atoms with Crippen LogP contribution in [0.4, 0.5) is 13.2 Å². The van der Waals surface area contributed by atoms with Crippen LogP contribution in [0.1, 0.15) is 42.5 Å². The zero-order chi connectivity index (χ0) is 16.7. The molecule has 23 heavy (non-hydrogen) atoms. The molecule has 7 heteroatoms. The SMILES string of the molecule is O=C(O)[C@@H]1C[C@H]2CCCC[C@H]2N1C(=O)c1ccc(F)c(F)c1F. The lowest BCUT2D eigenvalue weighted by atomic mass is 9.84. The fraction of sp³-hybridized carbons (Fsp3) is 0.500. The van der Waals surface area contributed by atoms with E-state index >= 15 is 0 Å². The summed E-state index contributed by atoms with van der Waals surface area (Å²) in [5.41, 5.74) is -0.624. The molecule has 1 aliphatic heterocycles. The quantitative estimate of drug-likeness (QED) is 0.850. The number of hydrogen-bond acceptors (Lipinski definition) is 2. The Balaban J connectivity index is 1.99. The van der Waals surface area contributed by atoms with Crippen LogP contribution in [0.15, 0.2) is 12.1 Å². The maximum Gasteiger partial charge on any atom is 0.326 e. The summed E-state index contributed by atoms with van der Waals surface area (Å²) in [6.45, 7) is 0. The van der Waals surface area contributed by atoms with E-state index in [9.17, 15) is 27.9 Å². The number of amides is 1. The van der Waals surface area contributed by atoms with E-state index in [1.807, 2.05) is 0 Å².